The topological polar surface area (TPSA) is 47.9 Å². The molecule has 23 heavy (non-hydrogen) atoms. The average Bonchev–Trinajstić information content (AvgIpc) is 3.18. The van der Waals surface area contributed by atoms with Gasteiger partial charge in [-0.25, -0.2) is 0 Å². The third kappa shape index (κ3) is 4.18. The largest absolute Gasteiger partial charge is 0.391 e. The molecule has 0 amide bonds. The quantitative estimate of drug-likeness (QED) is 0.440. The van der Waals surface area contributed by atoms with E-state index in [0.717, 1.165) is 32.0 Å². The SMILES string of the molecule is CCNC(=NCC1(c2ccccc2C)CC1)N1CC[C@@H](O)C1.I. The fourth-order valence-electron chi connectivity index (χ4n) is 3.42. The number of halogens is 1. The summed E-state index contributed by atoms with van der Waals surface area (Å²) in [6.45, 7) is 7.58. The third-order valence-electron chi connectivity index (χ3n) is 4.90. The van der Waals surface area contributed by atoms with Gasteiger partial charge in [-0.05, 0) is 44.2 Å². The van der Waals surface area contributed by atoms with Crippen LogP contribution >= 0.6 is 24.0 Å². The predicted octanol–water partition coefficient (Wildman–Crippen LogP) is 2.68. The summed E-state index contributed by atoms with van der Waals surface area (Å²) < 4.78 is 0. The molecule has 3 rings (SSSR count). The van der Waals surface area contributed by atoms with Crippen LogP contribution in [0.4, 0.5) is 0 Å². The Hall–Kier alpha value is -0.820. The first-order valence-corrected chi connectivity index (χ1v) is 8.42. The van der Waals surface area contributed by atoms with Gasteiger partial charge >= 0.3 is 0 Å². The molecule has 1 saturated heterocycles. The summed E-state index contributed by atoms with van der Waals surface area (Å²) in [5, 5.41) is 13.1. The van der Waals surface area contributed by atoms with E-state index < -0.39 is 0 Å². The van der Waals surface area contributed by atoms with E-state index in [1.54, 1.807) is 0 Å². The lowest BCUT2D eigenvalue weighted by Gasteiger charge is -2.23. The second-order valence-electron chi connectivity index (χ2n) is 6.65. The Morgan fingerprint density at radius 2 is 2.13 bits per heavy atom. The molecule has 2 aliphatic rings. The minimum absolute atomic E-state index is 0. The molecule has 1 heterocycles. The maximum absolute atomic E-state index is 9.75. The molecule has 2 fully saturated rings. The van der Waals surface area contributed by atoms with Crippen molar-refractivity contribution in [1.82, 2.24) is 10.2 Å². The first kappa shape index (κ1) is 18.5. The van der Waals surface area contributed by atoms with Crippen LogP contribution in [0, 0.1) is 6.92 Å². The predicted molar refractivity (Wildman–Crippen MR) is 106 cm³/mol. The number of likely N-dealkylation sites (tertiary alicyclic amines) is 1. The van der Waals surface area contributed by atoms with Gasteiger partial charge < -0.3 is 15.3 Å². The highest BCUT2D eigenvalue weighted by atomic mass is 127. The Bertz CT molecular complexity index is 557. The number of hydrogen-bond donors (Lipinski definition) is 2. The Labute approximate surface area is 156 Å². The number of benzene rings is 1. The van der Waals surface area contributed by atoms with Gasteiger partial charge in [0.05, 0.1) is 12.6 Å². The van der Waals surface area contributed by atoms with Crippen LogP contribution in [0.2, 0.25) is 0 Å². The van der Waals surface area contributed by atoms with E-state index in [2.05, 4.69) is 48.3 Å². The van der Waals surface area contributed by atoms with Gasteiger partial charge in [-0.3, -0.25) is 4.99 Å². The Kier molecular flexibility index (Phi) is 6.31. The van der Waals surface area contributed by atoms with Crippen LogP contribution in [0.3, 0.4) is 0 Å². The molecular weight excluding hydrogens is 401 g/mol. The summed E-state index contributed by atoms with van der Waals surface area (Å²) in [7, 11) is 0. The molecule has 1 aromatic rings. The third-order valence-corrected chi connectivity index (χ3v) is 4.90. The lowest BCUT2D eigenvalue weighted by molar-refractivity contribution is 0.188. The molecule has 0 aromatic heterocycles. The van der Waals surface area contributed by atoms with E-state index in [1.165, 1.54) is 24.0 Å². The molecule has 5 heteroatoms. The number of nitrogens with one attached hydrogen (secondary N) is 1. The average molecular weight is 429 g/mol. The summed E-state index contributed by atoms with van der Waals surface area (Å²) in [4.78, 5) is 7.08. The van der Waals surface area contributed by atoms with Crippen molar-refractivity contribution in [2.45, 2.75) is 44.6 Å². The molecule has 0 unspecified atom stereocenters. The molecule has 1 saturated carbocycles. The lowest BCUT2D eigenvalue weighted by atomic mass is 9.92. The maximum atomic E-state index is 9.75. The monoisotopic (exact) mass is 429 g/mol. The van der Waals surface area contributed by atoms with E-state index in [4.69, 9.17) is 4.99 Å². The second-order valence-corrected chi connectivity index (χ2v) is 6.65. The summed E-state index contributed by atoms with van der Waals surface area (Å²) in [6.07, 6.45) is 3.08. The number of guanidine groups is 1. The fraction of sp³-hybridized carbons (Fsp3) is 0.611. The minimum atomic E-state index is -0.213. The molecule has 1 aromatic carbocycles. The van der Waals surface area contributed by atoms with Crippen molar-refractivity contribution >= 4 is 29.9 Å². The molecule has 1 aliphatic carbocycles. The Morgan fingerprint density at radius 3 is 2.70 bits per heavy atom. The standard InChI is InChI=1S/C18H27N3O.HI/c1-3-19-17(21-11-8-15(22)12-21)20-13-18(9-10-18)16-7-5-4-6-14(16)2;/h4-7,15,22H,3,8-13H2,1-2H3,(H,19,20);1H/t15-;/m1./s1. The van der Waals surface area contributed by atoms with Gasteiger partial charge in [-0.1, -0.05) is 24.3 Å². The Morgan fingerprint density at radius 1 is 1.39 bits per heavy atom. The van der Waals surface area contributed by atoms with Crippen LogP contribution in [0.15, 0.2) is 29.3 Å². The number of β-amino-alcohol motifs (C(OH)–C–C–N with tert-alkyl or cyclic N) is 1. The van der Waals surface area contributed by atoms with Gasteiger partial charge in [-0.2, -0.15) is 0 Å². The number of aliphatic imine (C=N–C) groups is 1. The number of rotatable bonds is 4. The van der Waals surface area contributed by atoms with Gasteiger partial charge in [0, 0.05) is 25.0 Å². The van der Waals surface area contributed by atoms with Gasteiger partial charge in [0.15, 0.2) is 5.96 Å². The van der Waals surface area contributed by atoms with Crippen LogP contribution in [-0.2, 0) is 5.41 Å². The normalized spacial score (nSPS) is 22.7. The molecule has 0 radical (unpaired) electrons. The molecule has 4 nitrogen and oxygen atoms in total. The van der Waals surface area contributed by atoms with Gasteiger partial charge in [0.2, 0.25) is 0 Å². The first-order chi connectivity index (χ1) is 10.6. The van der Waals surface area contributed by atoms with Crippen molar-refractivity contribution in [3.8, 4) is 0 Å². The number of nitrogens with zero attached hydrogens (tertiary/aromatic N) is 2. The van der Waals surface area contributed by atoms with E-state index in [1.807, 2.05) is 0 Å². The van der Waals surface area contributed by atoms with Crippen LogP contribution in [0.5, 0.6) is 0 Å². The van der Waals surface area contributed by atoms with Gasteiger partial charge in [-0.15, -0.1) is 24.0 Å². The van der Waals surface area contributed by atoms with Crippen LogP contribution in [0.1, 0.15) is 37.3 Å². The number of aryl methyl sites for hydroxylation is 1. The van der Waals surface area contributed by atoms with Crippen LogP contribution in [0.25, 0.3) is 0 Å². The maximum Gasteiger partial charge on any atom is 0.194 e. The van der Waals surface area contributed by atoms with Crippen molar-refractivity contribution in [3.63, 3.8) is 0 Å². The molecule has 0 spiro atoms. The summed E-state index contributed by atoms with van der Waals surface area (Å²) in [5.74, 6) is 0.957. The van der Waals surface area contributed by atoms with E-state index >= 15 is 0 Å². The number of aliphatic hydroxyl groups excluding tert-OH is 1. The zero-order valence-corrected chi connectivity index (χ0v) is 16.4. The molecule has 0 bridgehead atoms. The highest BCUT2D eigenvalue weighted by molar-refractivity contribution is 14.0. The lowest BCUT2D eigenvalue weighted by Crippen LogP contribution is -2.41. The second kappa shape index (κ2) is 7.83. The zero-order valence-electron chi connectivity index (χ0n) is 14.1. The number of hydrogen-bond acceptors (Lipinski definition) is 2. The molecule has 1 atom stereocenters. The molecule has 1 aliphatic heterocycles. The van der Waals surface area contributed by atoms with Gasteiger partial charge in [0.25, 0.3) is 0 Å². The summed E-state index contributed by atoms with van der Waals surface area (Å²) >= 11 is 0. The smallest absolute Gasteiger partial charge is 0.194 e. The molecular formula is C18H28IN3O. The Balaban J connectivity index is 0.00000192. The van der Waals surface area contributed by atoms with Crippen LogP contribution < -0.4 is 5.32 Å². The first-order valence-electron chi connectivity index (χ1n) is 8.42. The summed E-state index contributed by atoms with van der Waals surface area (Å²) in [5.41, 5.74) is 3.07. The van der Waals surface area contributed by atoms with E-state index in [0.29, 0.717) is 6.54 Å². The van der Waals surface area contributed by atoms with Crippen molar-refractivity contribution in [2.75, 3.05) is 26.2 Å². The van der Waals surface area contributed by atoms with Gasteiger partial charge in [0.1, 0.15) is 0 Å². The van der Waals surface area contributed by atoms with Crippen LogP contribution in [-0.4, -0.2) is 48.2 Å². The van der Waals surface area contributed by atoms with Crippen molar-refractivity contribution in [2.24, 2.45) is 4.99 Å². The highest BCUT2D eigenvalue weighted by Gasteiger charge is 2.45. The number of aliphatic hydroxyl groups is 1. The minimum Gasteiger partial charge on any atom is -0.391 e. The van der Waals surface area contributed by atoms with Crippen molar-refractivity contribution in [1.29, 1.82) is 0 Å². The van der Waals surface area contributed by atoms with E-state index in [-0.39, 0.29) is 35.5 Å². The van der Waals surface area contributed by atoms with Crippen molar-refractivity contribution in [3.05, 3.63) is 35.4 Å². The molecule has 2 N–H and O–H groups in total. The highest BCUT2D eigenvalue weighted by Crippen LogP contribution is 2.49. The van der Waals surface area contributed by atoms with Crippen molar-refractivity contribution < 1.29 is 5.11 Å². The van der Waals surface area contributed by atoms with E-state index in [9.17, 15) is 5.11 Å². The molecule has 128 valence electrons. The fourth-order valence-corrected chi connectivity index (χ4v) is 3.42. The zero-order chi connectivity index (χ0) is 15.6. The summed E-state index contributed by atoms with van der Waals surface area (Å²) in [6, 6.07) is 8.69.